The second-order valence-corrected chi connectivity index (χ2v) is 5.23. The number of fused-ring (bicyclic) bond motifs is 1. The number of benzene rings is 1. The Kier molecular flexibility index (Phi) is 4.48. The van der Waals surface area contributed by atoms with Gasteiger partial charge < -0.3 is 14.2 Å². The van der Waals surface area contributed by atoms with E-state index < -0.39 is 12.2 Å². The minimum Gasteiger partial charge on any atom is -0.486 e. The highest BCUT2D eigenvalue weighted by atomic mass is 35.5. The summed E-state index contributed by atoms with van der Waals surface area (Å²) in [6.07, 6.45) is 2.42. The van der Waals surface area contributed by atoms with Crippen LogP contribution < -0.4 is 15.0 Å². The van der Waals surface area contributed by atoms with Crippen LogP contribution in [0.25, 0.3) is 0 Å². The molecule has 2 heterocycles. The average Bonchev–Trinajstić information content (AvgIpc) is 2.53. The molecule has 3 rings (SSSR count). The lowest BCUT2D eigenvalue weighted by Gasteiger charge is -2.22. The van der Waals surface area contributed by atoms with Crippen molar-refractivity contribution in [3.63, 3.8) is 0 Å². The topological polar surface area (TPSA) is 66.0 Å². The number of hydroxylamine groups is 1. The first-order chi connectivity index (χ1) is 10.2. The maximum Gasteiger partial charge on any atom is 0.275 e. The molecule has 0 aromatic heterocycles. The lowest BCUT2D eigenvalue weighted by Crippen LogP contribution is -2.33. The predicted octanol–water partition coefficient (Wildman–Crippen LogP) is 2.30. The molecule has 0 radical (unpaired) electrons. The van der Waals surface area contributed by atoms with Crippen LogP contribution in [0.1, 0.15) is 29.6 Å². The first-order valence-electron chi connectivity index (χ1n) is 6.91. The van der Waals surface area contributed by atoms with E-state index in [-0.39, 0.29) is 0 Å². The quantitative estimate of drug-likeness (QED) is 0.867. The number of amides is 1. The van der Waals surface area contributed by atoms with Crippen LogP contribution in [0.4, 0.5) is 0 Å². The molecule has 2 aliphatic heterocycles. The van der Waals surface area contributed by atoms with Gasteiger partial charge in [-0.1, -0.05) is 11.6 Å². The number of rotatable bonds is 3. The van der Waals surface area contributed by atoms with Gasteiger partial charge in [0.2, 0.25) is 0 Å². The van der Waals surface area contributed by atoms with E-state index in [0.717, 1.165) is 19.3 Å². The Bertz CT molecular complexity index is 530. The zero-order valence-corrected chi connectivity index (χ0v) is 12.1. The third kappa shape index (κ3) is 3.40. The average molecular weight is 314 g/mol. The molecule has 6 nitrogen and oxygen atoms in total. The Hall–Kier alpha value is -1.50. The first-order valence-corrected chi connectivity index (χ1v) is 7.28. The Balaban J connectivity index is 1.65. The van der Waals surface area contributed by atoms with Crippen LogP contribution in [0.5, 0.6) is 11.5 Å². The molecule has 1 amide bonds. The zero-order valence-electron chi connectivity index (χ0n) is 11.4. The first kappa shape index (κ1) is 14.4. The summed E-state index contributed by atoms with van der Waals surface area (Å²) in [4.78, 5) is 17.3. The molecule has 1 fully saturated rings. The van der Waals surface area contributed by atoms with Crippen molar-refractivity contribution in [1.29, 1.82) is 0 Å². The molecule has 7 heteroatoms. The van der Waals surface area contributed by atoms with Gasteiger partial charge in [-0.05, 0) is 25.0 Å². The summed E-state index contributed by atoms with van der Waals surface area (Å²) in [5.41, 5.74) is 2.73. The number of ether oxygens (including phenoxy) is 3. The summed E-state index contributed by atoms with van der Waals surface area (Å²) >= 11 is 6.09. The molecule has 1 aromatic carbocycles. The SMILES string of the molecule is O=C(NO[C@H]1CCCCO1)c1cc(Cl)c2c(c1)OCCO2. The van der Waals surface area contributed by atoms with E-state index in [2.05, 4.69) is 5.48 Å². The molecule has 2 aliphatic rings. The molecule has 1 saturated heterocycles. The Morgan fingerprint density at radius 1 is 1.24 bits per heavy atom. The Morgan fingerprint density at radius 2 is 2.10 bits per heavy atom. The standard InChI is InChI=1S/C14H16ClNO5/c15-10-7-9(8-11-13(10)20-6-5-18-11)14(17)16-21-12-3-1-2-4-19-12/h7-8,12H,1-6H2,(H,16,17)/t12-/m0/s1. The summed E-state index contributed by atoms with van der Waals surface area (Å²) in [5.74, 6) is 0.534. The summed E-state index contributed by atoms with van der Waals surface area (Å²) in [6, 6.07) is 3.11. The second-order valence-electron chi connectivity index (χ2n) is 4.83. The predicted molar refractivity (Wildman–Crippen MR) is 74.6 cm³/mol. The van der Waals surface area contributed by atoms with Crippen LogP contribution in [-0.2, 0) is 9.57 Å². The number of nitrogens with one attached hydrogen (secondary N) is 1. The lowest BCUT2D eigenvalue weighted by atomic mass is 10.2. The molecular weight excluding hydrogens is 298 g/mol. The largest absolute Gasteiger partial charge is 0.486 e. The van der Waals surface area contributed by atoms with Crippen molar-refractivity contribution in [2.45, 2.75) is 25.6 Å². The van der Waals surface area contributed by atoms with Crippen LogP contribution in [-0.4, -0.2) is 32.0 Å². The second kappa shape index (κ2) is 6.51. The van der Waals surface area contributed by atoms with E-state index in [1.54, 1.807) is 6.07 Å². The van der Waals surface area contributed by atoms with Crippen molar-refractivity contribution in [1.82, 2.24) is 5.48 Å². The lowest BCUT2D eigenvalue weighted by molar-refractivity contribution is -0.186. The minimum atomic E-state index is -0.400. The number of carbonyl (C=O) groups excluding carboxylic acids is 1. The van der Waals surface area contributed by atoms with Crippen LogP contribution in [0.2, 0.25) is 5.02 Å². The molecule has 1 aromatic rings. The van der Waals surface area contributed by atoms with Crippen LogP contribution in [0.3, 0.4) is 0 Å². The number of hydrogen-bond acceptors (Lipinski definition) is 5. The van der Waals surface area contributed by atoms with Gasteiger partial charge >= 0.3 is 0 Å². The van der Waals surface area contributed by atoms with Crippen molar-refractivity contribution in [2.24, 2.45) is 0 Å². The Labute approximate surface area is 127 Å². The monoisotopic (exact) mass is 313 g/mol. The van der Waals surface area contributed by atoms with E-state index >= 15 is 0 Å². The highest BCUT2D eigenvalue weighted by Crippen LogP contribution is 2.38. The fourth-order valence-electron chi connectivity index (χ4n) is 2.22. The Morgan fingerprint density at radius 3 is 2.90 bits per heavy atom. The van der Waals surface area contributed by atoms with Crippen molar-refractivity contribution < 1.29 is 23.8 Å². The number of hydrogen-bond donors (Lipinski definition) is 1. The van der Waals surface area contributed by atoms with Gasteiger partial charge in [0.05, 0.1) is 5.02 Å². The van der Waals surface area contributed by atoms with Crippen molar-refractivity contribution in [3.8, 4) is 11.5 Å². The molecular formula is C14H16ClNO5. The summed E-state index contributed by atoms with van der Waals surface area (Å²) in [7, 11) is 0. The fraction of sp³-hybridized carbons (Fsp3) is 0.500. The molecule has 0 saturated carbocycles. The van der Waals surface area contributed by atoms with Gasteiger partial charge in [0.15, 0.2) is 17.8 Å². The van der Waals surface area contributed by atoms with Gasteiger partial charge in [0.25, 0.3) is 5.91 Å². The van der Waals surface area contributed by atoms with Gasteiger partial charge in [0.1, 0.15) is 13.2 Å². The smallest absolute Gasteiger partial charge is 0.275 e. The van der Waals surface area contributed by atoms with Gasteiger partial charge in [-0.2, -0.15) is 0 Å². The van der Waals surface area contributed by atoms with Crippen molar-refractivity contribution in [2.75, 3.05) is 19.8 Å². The highest BCUT2D eigenvalue weighted by molar-refractivity contribution is 6.32. The molecule has 0 spiro atoms. The van der Waals surface area contributed by atoms with E-state index in [4.69, 9.17) is 30.6 Å². The summed E-state index contributed by atoms with van der Waals surface area (Å²) < 4.78 is 16.2. The summed E-state index contributed by atoms with van der Waals surface area (Å²) in [6.45, 7) is 1.53. The van der Waals surface area contributed by atoms with E-state index in [0.29, 0.717) is 41.9 Å². The molecule has 1 N–H and O–H groups in total. The third-order valence-corrected chi connectivity index (χ3v) is 3.56. The number of carbonyl (C=O) groups is 1. The van der Waals surface area contributed by atoms with Crippen LogP contribution in [0, 0.1) is 0 Å². The molecule has 0 bridgehead atoms. The maximum absolute atomic E-state index is 12.1. The van der Waals surface area contributed by atoms with E-state index in [1.165, 1.54) is 6.07 Å². The summed E-state index contributed by atoms with van der Waals surface area (Å²) in [5, 5.41) is 0.339. The zero-order chi connectivity index (χ0) is 14.7. The van der Waals surface area contributed by atoms with E-state index in [9.17, 15) is 4.79 Å². The van der Waals surface area contributed by atoms with Crippen molar-refractivity contribution in [3.05, 3.63) is 22.7 Å². The number of halogens is 1. The molecule has 21 heavy (non-hydrogen) atoms. The normalized spacial score (nSPS) is 20.9. The van der Waals surface area contributed by atoms with Gasteiger partial charge in [-0.3, -0.25) is 4.79 Å². The van der Waals surface area contributed by atoms with Crippen LogP contribution >= 0.6 is 11.6 Å². The molecule has 1 atom stereocenters. The van der Waals surface area contributed by atoms with Crippen LogP contribution in [0.15, 0.2) is 12.1 Å². The minimum absolute atomic E-state index is 0.339. The fourth-order valence-corrected chi connectivity index (χ4v) is 2.49. The third-order valence-electron chi connectivity index (χ3n) is 3.28. The maximum atomic E-state index is 12.1. The molecule has 0 aliphatic carbocycles. The van der Waals surface area contributed by atoms with Gasteiger partial charge in [-0.15, -0.1) is 0 Å². The van der Waals surface area contributed by atoms with Gasteiger partial charge in [0, 0.05) is 18.6 Å². The van der Waals surface area contributed by atoms with E-state index in [1.807, 2.05) is 0 Å². The molecule has 0 unspecified atom stereocenters. The van der Waals surface area contributed by atoms with Crippen molar-refractivity contribution >= 4 is 17.5 Å². The highest BCUT2D eigenvalue weighted by Gasteiger charge is 2.21. The molecule has 114 valence electrons. The van der Waals surface area contributed by atoms with Gasteiger partial charge in [-0.25, -0.2) is 10.3 Å².